The van der Waals surface area contributed by atoms with Crippen LogP contribution in [0.5, 0.6) is 0 Å². The van der Waals surface area contributed by atoms with Gasteiger partial charge < -0.3 is 9.73 Å². The average molecular weight is 459 g/mol. The summed E-state index contributed by atoms with van der Waals surface area (Å²) in [5.74, 6) is 0.917. The maximum Gasteiger partial charge on any atom is 0.275 e. The van der Waals surface area contributed by atoms with Gasteiger partial charge >= 0.3 is 0 Å². The lowest BCUT2D eigenvalue weighted by Crippen LogP contribution is -2.41. The molecule has 0 fully saturated rings. The highest BCUT2D eigenvalue weighted by atomic mass is 32.2. The molecule has 3 heterocycles. The summed E-state index contributed by atoms with van der Waals surface area (Å²) in [6.07, 6.45) is 2.18. The van der Waals surface area contributed by atoms with Crippen LogP contribution in [0.4, 0.5) is 5.69 Å². The maximum absolute atomic E-state index is 13.0. The summed E-state index contributed by atoms with van der Waals surface area (Å²) in [7, 11) is 0. The number of aliphatic imine (C=N–C) groups is 2. The third kappa shape index (κ3) is 4.09. The molecule has 166 valence electrons. The topological polar surface area (TPSA) is 87.3 Å². The molecule has 1 aromatic heterocycles. The summed E-state index contributed by atoms with van der Waals surface area (Å²) in [6.45, 7) is 2.28. The van der Waals surface area contributed by atoms with Crippen LogP contribution < -0.4 is 5.32 Å². The molecular weight excluding hydrogens is 436 g/mol. The second-order valence-corrected chi connectivity index (χ2v) is 8.85. The number of carbonyl (C=O) groups excluding carboxylic acids is 2. The van der Waals surface area contributed by atoms with E-state index < -0.39 is 11.3 Å². The number of nitrogens with zero attached hydrogens (tertiary/aromatic N) is 3. The fourth-order valence-corrected chi connectivity index (χ4v) is 4.99. The van der Waals surface area contributed by atoms with E-state index in [9.17, 15) is 9.59 Å². The summed E-state index contributed by atoms with van der Waals surface area (Å²) < 4.78 is 5.31. The summed E-state index contributed by atoms with van der Waals surface area (Å²) in [4.78, 5) is 37.1. The molecule has 0 aliphatic carbocycles. The first-order valence-electron chi connectivity index (χ1n) is 10.8. The van der Waals surface area contributed by atoms with E-state index in [-0.39, 0.29) is 11.8 Å². The number of para-hydroxylation sites is 1. The molecule has 0 spiro atoms. The van der Waals surface area contributed by atoms with Crippen molar-refractivity contribution in [3.05, 3.63) is 89.9 Å². The molecule has 0 saturated heterocycles. The second kappa shape index (κ2) is 9.07. The van der Waals surface area contributed by atoms with Crippen molar-refractivity contribution in [3.8, 4) is 0 Å². The van der Waals surface area contributed by atoms with Crippen LogP contribution in [-0.4, -0.2) is 33.0 Å². The lowest BCUT2D eigenvalue weighted by atomic mass is 10.0. The molecule has 33 heavy (non-hydrogen) atoms. The molecule has 0 saturated carbocycles. The van der Waals surface area contributed by atoms with E-state index in [1.807, 2.05) is 72.5 Å². The van der Waals surface area contributed by atoms with Gasteiger partial charge in [-0.15, -0.1) is 0 Å². The minimum Gasteiger partial charge on any atom is -0.467 e. The average Bonchev–Trinajstić information content (AvgIpc) is 3.49. The second-order valence-electron chi connectivity index (χ2n) is 7.68. The zero-order valence-electron chi connectivity index (χ0n) is 18.0. The molecule has 2 aliphatic rings. The van der Waals surface area contributed by atoms with Crippen LogP contribution in [0, 0.1) is 0 Å². The van der Waals surface area contributed by atoms with Crippen molar-refractivity contribution in [2.24, 2.45) is 9.98 Å². The lowest BCUT2D eigenvalue weighted by Gasteiger charge is -2.32. The van der Waals surface area contributed by atoms with Gasteiger partial charge in [0, 0.05) is 5.56 Å². The van der Waals surface area contributed by atoms with Crippen molar-refractivity contribution in [2.75, 3.05) is 0 Å². The Hall–Kier alpha value is -3.65. The number of amides is 2. The van der Waals surface area contributed by atoms with Crippen LogP contribution in [0.3, 0.4) is 0 Å². The fraction of sp³-hybridized carbons (Fsp3) is 0.200. The predicted octanol–water partition coefficient (Wildman–Crippen LogP) is 4.44. The number of hydrogen-bond donors (Lipinski definition) is 1. The number of hydrogen-bond acceptors (Lipinski definition) is 6. The molecule has 3 aromatic rings. The van der Waals surface area contributed by atoms with Gasteiger partial charge in [0.25, 0.3) is 5.91 Å². The Morgan fingerprint density at radius 1 is 1.09 bits per heavy atom. The summed E-state index contributed by atoms with van der Waals surface area (Å²) >= 11 is 1.35. The minimum absolute atomic E-state index is 0.110. The number of benzene rings is 2. The Bertz CT molecular complexity index is 1240. The Balaban J connectivity index is 1.46. The Labute approximate surface area is 195 Å². The fourth-order valence-electron chi connectivity index (χ4n) is 3.92. The SMILES string of the molecule is CCC(SC1=Nc2ccccc2C2=NC(=O)C(c3ccccc3)N12)C(=O)NCc1ccco1. The van der Waals surface area contributed by atoms with Gasteiger partial charge in [-0.3, -0.25) is 14.5 Å². The summed E-state index contributed by atoms with van der Waals surface area (Å²) in [5.41, 5.74) is 2.38. The Morgan fingerprint density at radius 3 is 2.64 bits per heavy atom. The van der Waals surface area contributed by atoms with E-state index in [1.165, 1.54) is 11.8 Å². The Kier molecular flexibility index (Phi) is 5.83. The van der Waals surface area contributed by atoms with E-state index >= 15 is 0 Å². The van der Waals surface area contributed by atoms with Crippen LogP contribution in [0.25, 0.3) is 0 Å². The summed E-state index contributed by atoms with van der Waals surface area (Å²) in [6, 6.07) is 20.2. The number of carbonyl (C=O) groups is 2. The van der Waals surface area contributed by atoms with Crippen LogP contribution >= 0.6 is 11.8 Å². The number of thioether (sulfide) groups is 1. The molecule has 0 bridgehead atoms. The lowest BCUT2D eigenvalue weighted by molar-refractivity contribution is -0.121. The van der Waals surface area contributed by atoms with Gasteiger partial charge in [0.1, 0.15) is 17.6 Å². The van der Waals surface area contributed by atoms with Gasteiger partial charge in [-0.25, -0.2) is 4.99 Å². The molecule has 2 unspecified atom stereocenters. The number of furan rings is 1. The molecule has 0 radical (unpaired) electrons. The van der Waals surface area contributed by atoms with Crippen molar-refractivity contribution in [2.45, 2.75) is 31.2 Å². The van der Waals surface area contributed by atoms with Crippen molar-refractivity contribution in [1.82, 2.24) is 10.2 Å². The quantitative estimate of drug-likeness (QED) is 0.590. The van der Waals surface area contributed by atoms with E-state index in [0.717, 1.165) is 16.8 Å². The molecule has 2 aromatic carbocycles. The predicted molar refractivity (Wildman–Crippen MR) is 128 cm³/mol. The first kappa shape index (κ1) is 21.2. The molecule has 7 nitrogen and oxygen atoms in total. The zero-order valence-corrected chi connectivity index (χ0v) is 18.8. The standard InChI is InChI=1S/C25H22N4O3S/c1-2-20(23(30)26-15-17-11-8-14-32-17)33-25-27-19-13-7-6-12-18(19)22-28-24(31)21(29(22)25)16-9-4-3-5-10-16/h3-14,20-21H,2,15H2,1H3,(H,26,30). The number of nitrogens with one attached hydrogen (secondary N) is 1. The van der Waals surface area contributed by atoms with Gasteiger partial charge in [-0.05, 0) is 36.2 Å². The van der Waals surface area contributed by atoms with Gasteiger partial charge in [0.15, 0.2) is 5.17 Å². The van der Waals surface area contributed by atoms with Crippen molar-refractivity contribution in [3.63, 3.8) is 0 Å². The van der Waals surface area contributed by atoms with Gasteiger partial charge in [0.2, 0.25) is 5.91 Å². The van der Waals surface area contributed by atoms with E-state index in [2.05, 4.69) is 10.3 Å². The largest absolute Gasteiger partial charge is 0.467 e. The smallest absolute Gasteiger partial charge is 0.275 e. The third-order valence-corrected chi connectivity index (χ3v) is 6.88. The van der Waals surface area contributed by atoms with Crippen molar-refractivity contribution in [1.29, 1.82) is 0 Å². The van der Waals surface area contributed by atoms with Crippen molar-refractivity contribution < 1.29 is 14.0 Å². The monoisotopic (exact) mass is 458 g/mol. The molecule has 5 rings (SSSR count). The first-order chi connectivity index (χ1) is 16.2. The normalized spacial score (nSPS) is 17.7. The summed E-state index contributed by atoms with van der Waals surface area (Å²) in [5, 5.41) is 3.13. The molecule has 2 aliphatic heterocycles. The Morgan fingerprint density at radius 2 is 1.88 bits per heavy atom. The van der Waals surface area contributed by atoms with Crippen molar-refractivity contribution >= 4 is 40.3 Å². The first-order valence-corrected chi connectivity index (χ1v) is 11.6. The van der Waals surface area contributed by atoms with E-state index in [0.29, 0.717) is 29.7 Å². The minimum atomic E-state index is -0.607. The van der Waals surface area contributed by atoms with Crippen LogP contribution in [0.2, 0.25) is 0 Å². The van der Waals surface area contributed by atoms with Crippen LogP contribution in [-0.2, 0) is 16.1 Å². The van der Waals surface area contributed by atoms with Crippen LogP contribution in [0.15, 0.2) is 87.4 Å². The molecule has 1 N–H and O–H groups in total. The molecule has 2 atom stereocenters. The molecule has 2 amide bonds. The number of rotatable bonds is 6. The van der Waals surface area contributed by atoms with E-state index in [4.69, 9.17) is 9.41 Å². The maximum atomic E-state index is 13.0. The zero-order chi connectivity index (χ0) is 22.8. The third-order valence-electron chi connectivity index (χ3n) is 5.55. The highest BCUT2D eigenvalue weighted by Gasteiger charge is 2.43. The number of fused-ring (bicyclic) bond motifs is 3. The number of amidine groups is 2. The van der Waals surface area contributed by atoms with Crippen LogP contribution in [0.1, 0.15) is 36.3 Å². The van der Waals surface area contributed by atoms with E-state index in [1.54, 1.807) is 12.3 Å². The van der Waals surface area contributed by atoms with Gasteiger partial charge in [0.05, 0.1) is 23.7 Å². The van der Waals surface area contributed by atoms with Gasteiger partial charge in [-0.2, -0.15) is 4.99 Å². The molecular formula is C25H22N4O3S. The van der Waals surface area contributed by atoms with Gasteiger partial charge in [-0.1, -0.05) is 61.2 Å². The molecule has 8 heteroatoms. The highest BCUT2D eigenvalue weighted by Crippen LogP contribution is 2.40. The highest BCUT2D eigenvalue weighted by molar-refractivity contribution is 8.15.